The molecule has 96 valence electrons. The van der Waals surface area contributed by atoms with E-state index < -0.39 is 24.5 Å². The summed E-state index contributed by atoms with van der Waals surface area (Å²) in [6, 6.07) is -0.391. The number of rotatable bonds is 7. The van der Waals surface area contributed by atoms with Gasteiger partial charge in [0.25, 0.3) is 0 Å². The number of nitrogens with one attached hydrogen (secondary N) is 2. The van der Waals surface area contributed by atoms with Gasteiger partial charge in [-0.1, -0.05) is 6.08 Å². The predicted molar refractivity (Wildman–Crippen MR) is 61.5 cm³/mol. The molecule has 0 aliphatic carbocycles. The fraction of sp³-hybridized carbons (Fsp3) is 0.500. The van der Waals surface area contributed by atoms with Gasteiger partial charge in [-0.2, -0.15) is 0 Å². The Bertz CT molecular complexity index is 304. The number of likely N-dealkylation sites (N-methyl/N-ethyl adjacent to an activating group) is 1. The van der Waals surface area contributed by atoms with Crippen LogP contribution in [0.2, 0.25) is 0 Å². The molecular formula is C10H17N3O4. The van der Waals surface area contributed by atoms with Crippen molar-refractivity contribution >= 4 is 17.9 Å². The maximum atomic E-state index is 11.5. The van der Waals surface area contributed by atoms with Crippen LogP contribution in [-0.4, -0.2) is 54.1 Å². The van der Waals surface area contributed by atoms with Crippen molar-refractivity contribution in [2.75, 3.05) is 26.2 Å². The molecule has 0 spiro atoms. The SMILES string of the molecule is C=CCN(CC)C(=O)NCC(=O)NCC(=O)O. The topological polar surface area (TPSA) is 98.7 Å². The van der Waals surface area contributed by atoms with Gasteiger partial charge >= 0.3 is 12.0 Å². The molecule has 0 radical (unpaired) electrons. The molecule has 0 atom stereocenters. The van der Waals surface area contributed by atoms with E-state index in [1.807, 2.05) is 0 Å². The van der Waals surface area contributed by atoms with Gasteiger partial charge in [-0.15, -0.1) is 6.58 Å². The van der Waals surface area contributed by atoms with Gasteiger partial charge in [-0.05, 0) is 6.92 Å². The lowest BCUT2D eigenvalue weighted by atomic mass is 10.5. The molecule has 0 saturated carbocycles. The van der Waals surface area contributed by atoms with Crippen LogP contribution in [0.5, 0.6) is 0 Å². The maximum Gasteiger partial charge on any atom is 0.322 e. The summed E-state index contributed by atoms with van der Waals surface area (Å²) in [7, 11) is 0. The number of carboxylic acid groups (broad SMARTS) is 1. The van der Waals surface area contributed by atoms with E-state index in [0.29, 0.717) is 13.1 Å². The summed E-state index contributed by atoms with van der Waals surface area (Å²) >= 11 is 0. The number of hydrogen-bond donors (Lipinski definition) is 3. The van der Waals surface area contributed by atoms with Gasteiger partial charge in [-0.3, -0.25) is 9.59 Å². The Morgan fingerprint density at radius 2 is 1.94 bits per heavy atom. The lowest BCUT2D eigenvalue weighted by Gasteiger charge is -2.19. The molecule has 3 N–H and O–H groups in total. The predicted octanol–water partition coefficient (Wildman–Crippen LogP) is -0.595. The van der Waals surface area contributed by atoms with Gasteiger partial charge in [0.15, 0.2) is 0 Å². The van der Waals surface area contributed by atoms with E-state index >= 15 is 0 Å². The number of aliphatic carboxylic acids is 1. The fourth-order valence-corrected chi connectivity index (χ4v) is 1.02. The molecular weight excluding hydrogens is 226 g/mol. The minimum Gasteiger partial charge on any atom is -0.480 e. The van der Waals surface area contributed by atoms with Crippen LogP contribution in [0, 0.1) is 0 Å². The zero-order valence-electron chi connectivity index (χ0n) is 9.73. The molecule has 0 rings (SSSR count). The van der Waals surface area contributed by atoms with Crippen molar-refractivity contribution in [3.63, 3.8) is 0 Å². The fourth-order valence-electron chi connectivity index (χ4n) is 1.02. The molecule has 0 heterocycles. The lowest BCUT2D eigenvalue weighted by Crippen LogP contribution is -2.45. The van der Waals surface area contributed by atoms with Crippen LogP contribution in [-0.2, 0) is 9.59 Å². The van der Waals surface area contributed by atoms with Crippen LogP contribution in [0.1, 0.15) is 6.92 Å². The third kappa shape index (κ3) is 6.93. The van der Waals surface area contributed by atoms with Crippen LogP contribution in [0.4, 0.5) is 4.79 Å². The van der Waals surface area contributed by atoms with E-state index in [4.69, 9.17) is 5.11 Å². The summed E-state index contributed by atoms with van der Waals surface area (Å²) in [6.45, 7) is 5.48. The summed E-state index contributed by atoms with van der Waals surface area (Å²) in [5.41, 5.74) is 0. The van der Waals surface area contributed by atoms with Gasteiger partial charge in [-0.25, -0.2) is 4.79 Å². The Morgan fingerprint density at radius 1 is 1.29 bits per heavy atom. The Labute approximate surface area is 99.5 Å². The van der Waals surface area contributed by atoms with E-state index in [-0.39, 0.29) is 6.54 Å². The number of carbonyl (C=O) groups excluding carboxylic acids is 2. The molecule has 17 heavy (non-hydrogen) atoms. The summed E-state index contributed by atoms with van der Waals surface area (Å²) < 4.78 is 0. The molecule has 7 nitrogen and oxygen atoms in total. The smallest absolute Gasteiger partial charge is 0.322 e. The highest BCUT2D eigenvalue weighted by atomic mass is 16.4. The van der Waals surface area contributed by atoms with E-state index in [2.05, 4.69) is 17.2 Å². The molecule has 0 aliphatic heterocycles. The Morgan fingerprint density at radius 3 is 2.41 bits per heavy atom. The van der Waals surface area contributed by atoms with E-state index in [1.165, 1.54) is 4.90 Å². The second-order valence-corrected chi connectivity index (χ2v) is 3.16. The average molecular weight is 243 g/mol. The van der Waals surface area contributed by atoms with Crippen molar-refractivity contribution in [2.45, 2.75) is 6.92 Å². The first-order chi connectivity index (χ1) is 8.01. The third-order valence-electron chi connectivity index (χ3n) is 1.86. The minimum atomic E-state index is -1.13. The Hall–Kier alpha value is -2.05. The number of nitrogens with zero attached hydrogens (tertiary/aromatic N) is 1. The molecule has 0 aromatic carbocycles. The van der Waals surface area contributed by atoms with Crippen molar-refractivity contribution in [3.05, 3.63) is 12.7 Å². The molecule has 0 bridgehead atoms. The van der Waals surface area contributed by atoms with Crippen LogP contribution >= 0.6 is 0 Å². The van der Waals surface area contributed by atoms with Gasteiger partial charge in [0.05, 0.1) is 6.54 Å². The first kappa shape index (κ1) is 14.9. The van der Waals surface area contributed by atoms with Gasteiger partial charge in [0.1, 0.15) is 6.54 Å². The van der Waals surface area contributed by atoms with Crippen LogP contribution in [0.25, 0.3) is 0 Å². The molecule has 0 aliphatic rings. The monoisotopic (exact) mass is 243 g/mol. The third-order valence-corrected chi connectivity index (χ3v) is 1.86. The summed E-state index contributed by atoms with van der Waals surface area (Å²) in [5.74, 6) is -1.68. The second-order valence-electron chi connectivity index (χ2n) is 3.16. The van der Waals surface area contributed by atoms with Crippen LogP contribution in [0.3, 0.4) is 0 Å². The number of carbonyl (C=O) groups is 3. The molecule has 7 heteroatoms. The van der Waals surface area contributed by atoms with Crippen LogP contribution < -0.4 is 10.6 Å². The van der Waals surface area contributed by atoms with Crippen molar-refractivity contribution in [3.8, 4) is 0 Å². The van der Waals surface area contributed by atoms with Crippen molar-refractivity contribution in [1.29, 1.82) is 0 Å². The number of hydrogen-bond acceptors (Lipinski definition) is 3. The normalized spacial score (nSPS) is 9.24. The maximum absolute atomic E-state index is 11.5. The Kier molecular flexibility index (Phi) is 7.16. The van der Waals surface area contributed by atoms with E-state index in [0.717, 1.165) is 0 Å². The zero-order valence-corrected chi connectivity index (χ0v) is 9.73. The second kappa shape index (κ2) is 8.14. The molecule has 0 unspecified atom stereocenters. The first-order valence-corrected chi connectivity index (χ1v) is 5.13. The highest BCUT2D eigenvalue weighted by molar-refractivity contribution is 5.86. The van der Waals surface area contributed by atoms with Crippen molar-refractivity contribution in [2.24, 2.45) is 0 Å². The van der Waals surface area contributed by atoms with Gasteiger partial charge < -0.3 is 20.6 Å². The summed E-state index contributed by atoms with van der Waals surface area (Å²) in [6.07, 6.45) is 1.58. The number of urea groups is 1. The average Bonchev–Trinajstić information content (AvgIpc) is 2.30. The van der Waals surface area contributed by atoms with Crippen molar-refractivity contribution < 1.29 is 19.5 Å². The van der Waals surface area contributed by atoms with E-state index in [1.54, 1.807) is 13.0 Å². The standard InChI is InChI=1S/C10H17N3O4/c1-3-5-13(4-2)10(17)12-6-8(14)11-7-9(15)16/h3H,1,4-7H2,2H3,(H,11,14)(H,12,17)(H,15,16). The Balaban J connectivity index is 3.93. The highest BCUT2D eigenvalue weighted by Crippen LogP contribution is 1.88. The molecule has 0 saturated heterocycles. The molecule has 0 aromatic heterocycles. The quantitative estimate of drug-likeness (QED) is 0.520. The van der Waals surface area contributed by atoms with Crippen LogP contribution in [0.15, 0.2) is 12.7 Å². The highest BCUT2D eigenvalue weighted by Gasteiger charge is 2.11. The minimum absolute atomic E-state index is 0.250. The van der Waals surface area contributed by atoms with Gasteiger partial charge in [0, 0.05) is 13.1 Å². The van der Waals surface area contributed by atoms with E-state index in [9.17, 15) is 14.4 Å². The number of carboxylic acids is 1. The molecule has 0 fully saturated rings. The summed E-state index contributed by atoms with van der Waals surface area (Å²) in [5, 5.41) is 12.8. The molecule has 3 amide bonds. The number of amides is 3. The zero-order chi connectivity index (χ0) is 13.3. The first-order valence-electron chi connectivity index (χ1n) is 5.13. The largest absolute Gasteiger partial charge is 0.480 e. The molecule has 0 aromatic rings. The van der Waals surface area contributed by atoms with Crippen molar-refractivity contribution in [1.82, 2.24) is 15.5 Å². The van der Waals surface area contributed by atoms with Gasteiger partial charge in [0.2, 0.25) is 5.91 Å². The lowest BCUT2D eigenvalue weighted by molar-refractivity contribution is -0.137. The summed E-state index contributed by atoms with van der Waals surface area (Å²) in [4.78, 5) is 34.2.